The van der Waals surface area contributed by atoms with E-state index in [0.717, 1.165) is 71.1 Å². The van der Waals surface area contributed by atoms with Gasteiger partial charge in [-0.25, -0.2) is 12.8 Å². The first-order valence-electron chi connectivity index (χ1n) is 15.5. The Kier molecular flexibility index (Phi) is 9.65. The van der Waals surface area contributed by atoms with Gasteiger partial charge >= 0.3 is 0 Å². The first-order chi connectivity index (χ1) is 21.3. The molecule has 1 unspecified atom stereocenters. The minimum atomic E-state index is -4.15. The maximum Gasteiger partial charge on any atom is 0.210 e. The van der Waals surface area contributed by atoms with E-state index >= 15 is 0 Å². The molecule has 0 amide bonds. The fourth-order valence-electron chi connectivity index (χ4n) is 6.90. The van der Waals surface area contributed by atoms with Crippen molar-refractivity contribution in [1.29, 1.82) is 0 Å². The van der Waals surface area contributed by atoms with Crippen molar-refractivity contribution in [2.24, 2.45) is 0 Å². The minimum absolute atomic E-state index is 0.00873. The normalized spacial score (nSPS) is 20.7. The molecule has 3 saturated heterocycles. The maximum absolute atomic E-state index is 14.8. The van der Waals surface area contributed by atoms with Gasteiger partial charge < -0.3 is 23.8 Å². The van der Waals surface area contributed by atoms with Crippen LogP contribution < -0.4 is 9.64 Å². The summed E-state index contributed by atoms with van der Waals surface area (Å²) in [6.45, 7) is 9.18. The van der Waals surface area contributed by atoms with Gasteiger partial charge in [0.05, 0.1) is 35.9 Å². The molecule has 3 aliphatic rings. The Bertz CT molecular complexity index is 1570. The number of rotatable bonds is 8. The van der Waals surface area contributed by atoms with Gasteiger partial charge in [-0.15, -0.1) is 0 Å². The first kappa shape index (κ1) is 31.5. The molecular formula is C32H41FN4O5S2. The van der Waals surface area contributed by atoms with E-state index in [1.165, 1.54) is 18.3 Å². The molecule has 6 rings (SSSR count). The van der Waals surface area contributed by atoms with Crippen LogP contribution in [0.2, 0.25) is 0 Å². The maximum atomic E-state index is 14.8. The van der Waals surface area contributed by atoms with Crippen LogP contribution >= 0.6 is 0 Å². The second-order valence-corrected chi connectivity index (χ2v) is 15.1. The Morgan fingerprint density at radius 3 is 2.27 bits per heavy atom. The van der Waals surface area contributed by atoms with Gasteiger partial charge in [-0.1, -0.05) is 0 Å². The molecule has 3 aromatic rings. The third-order valence-electron chi connectivity index (χ3n) is 9.27. The van der Waals surface area contributed by atoms with Gasteiger partial charge in [-0.05, 0) is 87.2 Å². The lowest BCUT2D eigenvalue weighted by Gasteiger charge is -2.45. The van der Waals surface area contributed by atoms with Crippen molar-refractivity contribution in [1.82, 2.24) is 14.8 Å². The smallest absolute Gasteiger partial charge is 0.210 e. The highest BCUT2D eigenvalue weighted by molar-refractivity contribution is 7.91. The van der Waals surface area contributed by atoms with Crippen molar-refractivity contribution in [3.8, 4) is 5.75 Å². The second kappa shape index (κ2) is 13.5. The quantitative estimate of drug-likeness (QED) is 0.336. The van der Waals surface area contributed by atoms with Crippen molar-refractivity contribution in [2.45, 2.75) is 59.4 Å². The number of hydrogen-bond donors (Lipinski definition) is 0. The summed E-state index contributed by atoms with van der Waals surface area (Å²) in [5, 5.41) is 0.634. The van der Waals surface area contributed by atoms with Crippen molar-refractivity contribution >= 4 is 37.6 Å². The number of piperidine rings is 2. The standard InChI is InChI=1S/C32H41FN4O5S2/c1-3-42-30-7-5-26(21-28(30)33)44(39,40)31-22-34-29-6-4-25(43(2)38)20-27(29)32(31)37-14-10-23(11-15-37)35-12-8-24(9-13-35)36-16-18-41-19-17-36/h4-7,20-24H,3,8-19H2,1-2H3. The van der Waals surface area contributed by atoms with Crippen molar-refractivity contribution in [3.63, 3.8) is 0 Å². The monoisotopic (exact) mass is 644 g/mol. The van der Waals surface area contributed by atoms with Crippen LogP contribution in [0, 0.1) is 5.82 Å². The van der Waals surface area contributed by atoms with E-state index in [1.54, 1.807) is 31.4 Å². The number of sulfone groups is 1. The van der Waals surface area contributed by atoms with Gasteiger partial charge in [0, 0.05) is 55.9 Å². The summed E-state index contributed by atoms with van der Waals surface area (Å²) in [4.78, 5) is 12.3. The molecule has 0 aliphatic carbocycles. The van der Waals surface area contributed by atoms with Crippen molar-refractivity contribution in [2.75, 3.05) is 70.2 Å². The number of nitrogens with zero attached hydrogens (tertiary/aromatic N) is 4. The molecule has 0 N–H and O–H groups in total. The Morgan fingerprint density at radius 2 is 1.64 bits per heavy atom. The predicted molar refractivity (Wildman–Crippen MR) is 169 cm³/mol. The minimum Gasteiger partial charge on any atom is -0.612 e. The summed E-state index contributed by atoms with van der Waals surface area (Å²) in [7, 11) is -4.15. The molecule has 0 saturated carbocycles. The number of aromatic nitrogens is 1. The van der Waals surface area contributed by atoms with E-state index in [0.29, 0.717) is 46.7 Å². The Hall–Kier alpha value is -2.48. The number of benzene rings is 2. The molecule has 1 aromatic heterocycles. The number of ether oxygens (including phenoxy) is 2. The van der Waals surface area contributed by atoms with Gasteiger partial charge in [0.1, 0.15) is 11.2 Å². The fraction of sp³-hybridized carbons (Fsp3) is 0.531. The van der Waals surface area contributed by atoms with E-state index in [1.807, 2.05) is 0 Å². The number of morpholine rings is 1. The highest BCUT2D eigenvalue weighted by atomic mass is 32.2. The molecule has 2 aromatic carbocycles. The van der Waals surface area contributed by atoms with Gasteiger partial charge in [-0.2, -0.15) is 0 Å². The number of fused-ring (bicyclic) bond motifs is 1. The molecule has 9 nitrogen and oxygen atoms in total. The summed E-state index contributed by atoms with van der Waals surface area (Å²) in [5.41, 5.74) is 1.17. The van der Waals surface area contributed by atoms with Crippen molar-refractivity contribution in [3.05, 3.63) is 48.4 Å². The fourth-order valence-corrected chi connectivity index (χ4v) is 8.89. The van der Waals surface area contributed by atoms with E-state index < -0.39 is 26.8 Å². The van der Waals surface area contributed by atoms with E-state index in [-0.39, 0.29) is 22.1 Å². The number of anilines is 1. The van der Waals surface area contributed by atoms with Crippen LogP contribution in [-0.4, -0.2) is 105 Å². The zero-order valence-corrected chi connectivity index (χ0v) is 27.0. The van der Waals surface area contributed by atoms with Crippen LogP contribution in [0.1, 0.15) is 32.6 Å². The van der Waals surface area contributed by atoms with E-state index in [9.17, 15) is 17.4 Å². The van der Waals surface area contributed by atoms with Crippen LogP contribution in [0.25, 0.3) is 10.9 Å². The topological polar surface area (TPSA) is 98.3 Å². The summed E-state index contributed by atoms with van der Waals surface area (Å²) in [5.74, 6) is -0.723. The van der Waals surface area contributed by atoms with Crippen LogP contribution in [0.3, 0.4) is 0 Å². The van der Waals surface area contributed by atoms with Gasteiger partial charge in [-0.3, -0.25) is 9.88 Å². The lowest BCUT2D eigenvalue weighted by molar-refractivity contribution is -0.00446. The lowest BCUT2D eigenvalue weighted by Crippen LogP contribution is -2.53. The Balaban J connectivity index is 1.27. The van der Waals surface area contributed by atoms with Gasteiger partial charge in [0.2, 0.25) is 9.84 Å². The van der Waals surface area contributed by atoms with Crippen LogP contribution in [-0.2, 0) is 25.7 Å². The third kappa shape index (κ3) is 6.43. The molecule has 44 heavy (non-hydrogen) atoms. The molecule has 0 bridgehead atoms. The number of likely N-dealkylation sites (tertiary alicyclic amines) is 1. The number of hydrogen-bond acceptors (Lipinski definition) is 9. The van der Waals surface area contributed by atoms with E-state index in [4.69, 9.17) is 9.47 Å². The molecular weight excluding hydrogens is 604 g/mol. The van der Waals surface area contributed by atoms with Gasteiger partial charge in [0.25, 0.3) is 0 Å². The largest absolute Gasteiger partial charge is 0.612 e. The highest BCUT2D eigenvalue weighted by Crippen LogP contribution is 2.39. The summed E-state index contributed by atoms with van der Waals surface area (Å²) >= 11 is -1.26. The predicted octanol–water partition coefficient (Wildman–Crippen LogP) is 4.11. The Labute approximate surface area is 262 Å². The van der Waals surface area contributed by atoms with Crippen molar-refractivity contribution < 1.29 is 26.8 Å². The lowest BCUT2D eigenvalue weighted by atomic mass is 9.96. The SMILES string of the molecule is CCOc1ccc(S(=O)(=O)c2cnc3ccc([S+](C)[O-])cc3c2N2CCC(N3CCC(N4CCOCC4)CC3)CC2)cc1F. The molecule has 3 fully saturated rings. The second-order valence-electron chi connectivity index (χ2n) is 11.8. The summed E-state index contributed by atoms with van der Waals surface area (Å²) in [6, 6.07) is 10.1. The summed E-state index contributed by atoms with van der Waals surface area (Å²) in [6.07, 6.45) is 7.11. The molecule has 3 aliphatic heterocycles. The number of pyridine rings is 1. The molecule has 12 heteroatoms. The molecule has 0 radical (unpaired) electrons. The van der Waals surface area contributed by atoms with Crippen LogP contribution in [0.15, 0.2) is 57.3 Å². The zero-order chi connectivity index (χ0) is 30.8. The third-order valence-corrected chi connectivity index (χ3v) is 11.9. The number of halogens is 1. The first-order valence-corrected chi connectivity index (χ1v) is 18.5. The Morgan fingerprint density at radius 1 is 0.977 bits per heavy atom. The van der Waals surface area contributed by atoms with Crippen LogP contribution in [0.5, 0.6) is 5.75 Å². The molecule has 1 atom stereocenters. The highest BCUT2D eigenvalue weighted by Gasteiger charge is 2.34. The van der Waals surface area contributed by atoms with Gasteiger partial charge in [0.15, 0.2) is 16.5 Å². The van der Waals surface area contributed by atoms with E-state index in [2.05, 4.69) is 19.7 Å². The molecule has 0 spiro atoms. The zero-order valence-electron chi connectivity index (χ0n) is 25.4. The molecule has 4 heterocycles. The molecule has 238 valence electrons. The average molecular weight is 645 g/mol. The average Bonchev–Trinajstić information content (AvgIpc) is 3.05. The summed E-state index contributed by atoms with van der Waals surface area (Å²) < 4.78 is 66.3. The van der Waals surface area contributed by atoms with Crippen LogP contribution in [0.4, 0.5) is 10.1 Å².